The van der Waals surface area contributed by atoms with E-state index < -0.39 is 10.2 Å². The zero-order valence-electron chi connectivity index (χ0n) is 13.4. The molecule has 0 unspecified atom stereocenters. The monoisotopic (exact) mass is 382 g/mol. The first kappa shape index (κ1) is 19.3. The number of benzene rings is 2. The highest BCUT2D eigenvalue weighted by Gasteiger charge is 2.15. The molecule has 0 saturated carbocycles. The van der Waals surface area contributed by atoms with Crippen LogP contribution in [0.5, 0.6) is 11.5 Å². The quantitative estimate of drug-likeness (QED) is 0.594. The van der Waals surface area contributed by atoms with Crippen LogP contribution in [0, 0.1) is 10.2 Å². The number of methoxy groups -OCH3 is 2. The molecular formula is C17H15ClO6S. The summed E-state index contributed by atoms with van der Waals surface area (Å²) in [6.07, 6.45) is 0. The molecule has 0 radical (unpaired) electrons. The Kier molecular flexibility index (Phi) is 6.49. The molecule has 1 heterocycles. The zero-order chi connectivity index (χ0) is 18.4. The number of fused-ring (bicyclic) bond motifs is 1. The summed E-state index contributed by atoms with van der Waals surface area (Å²) in [6, 6.07) is 16.6. The van der Waals surface area contributed by atoms with Gasteiger partial charge >= 0.3 is 0 Å². The minimum Gasteiger partial charge on any atom is -0.493 e. The fourth-order valence-corrected chi connectivity index (χ4v) is 3.12. The van der Waals surface area contributed by atoms with E-state index in [4.69, 9.17) is 28.1 Å². The molecule has 0 aliphatic rings. The SMILES string of the molecule is COc1cc2[s+]ccc(-c3ccccc3)c2cc1OC.[O-][Cl+3]([O-])([O-])[O-]. The maximum absolute atomic E-state index is 8.49. The average molecular weight is 383 g/mol. The second-order valence-electron chi connectivity index (χ2n) is 4.78. The van der Waals surface area contributed by atoms with Crippen molar-refractivity contribution in [3.63, 3.8) is 0 Å². The van der Waals surface area contributed by atoms with Crippen molar-refractivity contribution in [1.29, 1.82) is 0 Å². The number of ether oxygens (including phenoxy) is 2. The number of halogens is 1. The molecule has 3 rings (SSSR count). The summed E-state index contributed by atoms with van der Waals surface area (Å²) < 4.78 is 45.9. The smallest absolute Gasteiger partial charge is 0.242 e. The summed E-state index contributed by atoms with van der Waals surface area (Å²) in [5.74, 6) is 1.53. The Labute approximate surface area is 150 Å². The topological polar surface area (TPSA) is 111 Å². The summed E-state index contributed by atoms with van der Waals surface area (Å²) in [5, 5.41) is 3.29. The van der Waals surface area contributed by atoms with Crippen LogP contribution < -0.4 is 28.1 Å². The van der Waals surface area contributed by atoms with Crippen molar-refractivity contribution in [1.82, 2.24) is 0 Å². The van der Waals surface area contributed by atoms with E-state index in [9.17, 15) is 0 Å². The second-order valence-corrected chi connectivity index (χ2v) is 6.49. The van der Waals surface area contributed by atoms with E-state index in [1.807, 2.05) is 18.2 Å². The Balaban J connectivity index is 0.000000399. The molecule has 2 aromatic carbocycles. The van der Waals surface area contributed by atoms with Crippen LogP contribution in [0.1, 0.15) is 0 Å². The predicted octanol–water partition coefficient (Wildman–Crippen LogP) is 0.111. The van der Waals surface area contributed by atoms with E-state index in [-0.39, 0.29) is 0 Å². The van der Waals surface area contributed by atoms with Gasteiger partial charge in [0.2, 0.25) is 16.0 Å². The van der Waals surface area contributed by atoms with Crippen molar-refractivity contribution in [2.24, 2.45) is 0 Å². The second kappa shape index (κ2) is 8.39. The van der Waals surface area contributed by atoms with Gasteiger partial charge < -0.3 is 9.47 Å². The van der Waals surface area contributed by atoms with Crippen LogP contribution in [0.4, 0.5) is 0 Å². The summed E-state index contributed by atoms with van der Waals surface area (Å²) in [4.78, 5) is 0. The summed E-state index contributed by atoms with van der Waals surface area (Å²) in [5.41, 5.74) is 2.41. The third-order valence-corrected chi connectivity index (χ3v) is 4.15. The first-order chi connectivity index (χ1) is 11.8. The lowest BCUT2D eigenvalue weighted by atomic mass is 10.0. The van der Waals surface area contributed by atoms with Crippen molar-refractivity contribution in [2.75, 3.05) is 14.2 Å². The van der Waals surface area contributed by atoms with Crippen LogP contribution in [0.2, 0.25) is 0 Å². The molecule has 0 amide bonds. The van der Waals surface area contributed by atoms with Crippen molar-refractivity contribution in [3.8, 4) is 22.6 Å². The Morgan fingerprint density at radius 2 is 1.40 bits per heavy atom. The molecule has 0 aliphatic heterocycles. The van der Waals surface area contributed by atoms with Crippen LogP contribution in [-0.2, 0) is 0 Å². The van der Waals surface area contributed by atoms with Crippen molar-refractivity contribution < 1.29 is 38.4 Å². The highest BCUT2D eigenvalue weighted by molar-refractivity contribution is 7.16. The summed E-state index contributed by atoms with van der Waals surface area (Å²) >= 11 is 1.70. The van der Waals surface area contributed by atoms with E-state index in [1.54, 1.807) is 25.6 Å². The summed E-state index contributed by atoms with van der Waals surface area (Å²) in [7, 11) is -1.62. The minimum absolute atomic E-state index is 0.760. The molecule has 0 atom stereocenters. The van der Waals surface area contributed by atoms with E-state index >= 15 is 0 Å². The van der Waals surface area contributed by atoms with Gasteiger partial charge in [-0.25, -0.2) is 18.6 Å². The van der Waals surface area contributed by atoms with Crippen molar-refractivity contribution >= 4 is 21.4 Å². The number of hydrogen-bond acceptors (Lipinski definition) is 6. The van der Waals surface area contributed by atoms with Crippen LogP contribution in [0.3, 0.4) is 0 Å². The Hall–Kier alpha value is -2.00. The fraction of sp³-hybridized carbons (Fsp3) is 0.118. The molecule has 25 heavy (non-hydrogen) atoms. The first-order valence-corrected chi connectivity index (χ1v) is 9.08. The van der Waals surface area contributed by atoms with Gasteiger partial charge in [-0.05, 0) is 17.2 Å². The van der Waals surface area contributed by atoms with Gasteiger partial charge in [0, 0.05) is 6.07 Å². The lowest BCUT2D eigenvalue weighted by molar-refractivity contribution is -2.00. The van der Waals surface area contributed by atoms with Gasteiger partial charge in [-0.2, -0.15) is 0 Å². The molecule has 0 N–H and O–H groups in total. The number of rotatable bonds is 3. The average Bonchev–Trinajstić information content (AvgIpc) is 2.59. The third-order valence-electron chi connectivity index (χ3n) is 3.29. The lowest BCUT2D eigenvalue weighted by Crippen LogP contribution is -2.68. The molecule has 0 bridgehead atoms. The molecule has 0 saturated heterocycles. The van der Waals surface area contributed by atoms with E-state index in [0.717, 1.165) is 11.5 Å². The number of hydrogen-bond donors (Lipinski definition) is 0. The van der Waals surface area contributed by atoms with Gasteiger partial charge in [0.25, 0.3) is 0 Å². The van der Waals surface area contributed by atoms with Crippen molar-refractivity contribution in [3.05, 3.63) is 53.9 Å². The van der Waals surface area contributed by atoms with Crippen LogP contribution in [0.15, 0.2) is 53.9 Å². The van der Waals surface area contributed by atoms with Crippen molar-refractivity contribution in [2.45, 2.75) is 0 Å². The van der Waals surface area contributed by atoms with E-state index in [0.29, 0.717) is 0 Å². The van der Waals surface area contributed by atoms with Gasteiger partial charge in [0.1, 0.15) is 0 Å². The molecule has 0 aliphatic carbocycles. The van der Waals surface area contributed by atoms with E-state index in [2.05, 4.69) is 35.7 Å². The molecule has 132 valence electrons. The van der Waals surface area contributed by atoms with E-state index in [1.165, 1.54) is 21.2 Å². The lowest BCUT2D eigenvalue weighted by Gasteiger charge is -2.17. The molecule has 1 aromatic heterocycles. The molecular weight excluding hydrogens is 368 g/mol. The van der Waals surface area contributed by atoms with Gasteiger partial charge in [-0.3, -0.25) is 0 Å². The predicted molar refractivity (Wildman–Crippen MR) is 84.8 cm³/mol. The van der Waals surface area contributed by atoms with Crippen LogP contribution in [-0.4, -0.2) is 14.2 Å². The standard InChI is InChI=1S/C17H15O2S.ClHO4/c1-18-15-10-14-13(12-6-4-3-5-7-12)8-9-20-17(14)11-16(15)19-2;2-1(3,4)5/h3-11H,1-2H3;(H,2,3,4,5)/q+1;/p-1. The van der Waals surface area contributed by atoms with Gasteiger partial charge in [-0.1, -0.05) is 30.3 Å². The molecule has 3 aromatic rings. The normalized spacial score (nSPS) is 10.8. The molecule has 0 fully saturated rings. The fourth-order valence-electron chi connectivity index (χ4n) is 2.30. The zero-order valence-corrected chi connectivity index (χ0v) is 15.0. The first-order valence-electron chi connectivity index (χ1n) is 6.97. The Morgan fingerprint density at radius 1 is 0.840 bits per heavy atom. The molecule has 6 nitrogen and oxygen atoms in total. The highest BCUT2D eigenvalue weighted by Crippen LogP contribution is 2.38. The van der Waals surface area contributed by atoms with Gasteiger partial charge in [-0.15, -0.1) is 10.2 Å². The third kappa shape index (κ3) is 5.50. The van der Waals surface area contributed by atoms with Crippen LogP contribution in [0.25, 0.3) is 21.2 Å². The van der Waals surface area contributed by atoms with Gasteiger partial charge in [0.05, 0.1) is 25.7 Å². The van der Waals surface area contributed by atoms with Crippen LogP contribution >= 0.6 is 11.3 Å². The van der Waals surface area contributed by atoms with Gasteiger partial charge in [0.15, 0.2) is 16.9 Å². The highest BCUT2D eigenvalue weighted by atomic mass is 35.7. The Bertz CT molecular complexity index is 830. The summed E-state index contributed by atoms with van der Waals surface area (Å²) in [6.45, 7) is 0. The Morgan fingerprint density at radius 3 is 1.96 bits per heavy atom. The maximum atomic E-state index is 8.49. The molecule has 0 spiro atoms. The largest absolute Gasteiger partial charge is 0.493 e. The maximum Gasteiger partial charge on any atom is 0.242 e. The molecule has 8 heteroatoms. The minimum atomic E-state index is -4.94.